The van der Waals surface area contributed by atoms with Crippen molar-refractivity contribution in [2.45, 2.75) is 30.8 Å². The number of rotatable bonds is 4. The molecule has 0 fully saturated rings. The van der Waals surface area contributed by atoms with Crippen molar-refractivity contribution in [2.75, 3.05) is 11.8 Å². The molecule has 1 unspecified atom stereocenters. The molecule has 1 N–H and O–H groups in total. The van der Waals surface area contributed by atoms with E-state index in [2.05, 4.69) is 4.72 Å². The maximum atomic E-state index is 12.6. The molecule has 3 rings (SSSR count). The van der Waals surface area contributed by atoms with Crippen molar-refractivity contribution in [3.05, 3.63) is 59.2 Å². The molecule has 1 aliphatic rings. The predicted molar refractivity (Wildman–Crippen MR) is 86.6 cm³/mol. The third-order valence-electron chi connectivity index (χ3n) is 4.11. The highest BCUT2D eigenvalue weighted by Gasteiger charge is 2.24. The number of hydrogen-bond acceptors (Lipinski definition) is 3. The molecule has 0 heterocycles. The Bertz CT molecular complexity index is 799. The lowest BCUT2D eigenvalue weighted by atomic mass is 10.1. The van der Waals surface area contributed by atoms with Crippen LogP contribution in [0.15, 0.2) is 47.4 Å². The van der Waals surface area contributed by atoms with Crippen LogP contribution in [0.5, 0.6) is 0 Å². The average molecular weight is 317 g/mol. The Morgan fingerprint density at radius 1 is 1.09 bits per heavy atom. The van der Waals surface area contributed by atoms with Gasteiger partial charge in [-0.05, 0) is 54.7 Å². The van der Waals surface area contributed by atoms with Crippen molar-refractivity contribution < 1.29 is 13.2 Å². The molecular formula is C17H19NO3S. The van der Waals surface area contributed by atoms with Gasteiger partial charge in [-0.2, -0.15) is 0 Å². The number of anilines is 1. The van der Waals surface area contributed by atoms with Crippen LogP contribution in [0, 0.1) is 6.92 Å². The van der Waals surface area contributed by atoms with Gasteiger partial charge in [-0.15, -0.1) is 0 Å². The van der Waals surface area contributed by atoms with Crippen LogP contribution in [0.3, 0.4) is 0 Å². The van der Waals surface area contributed by atoms with E-state index in [0.29, 0.717) is 10.6 Å². The molecule has 1 aliphatic carbocycles. The van der Waals surface area contributed by atoms with Crippen LogP contribution in [-0.2, 0) is 27.6 Å². The molecule has 0 saturated carbocycles. The number of benzene rings is 2. The van der Waals surface area contributed by atoms with Gasteiger partial charge in [0.05, 0.1) is 16.7 Å². The van der Waals surface area contributed by atoms with Gasteiger partial charge in [-0.25, -0.2) is 8.42 Å². The van der Waals surface area contributed by atoms with E-state index in [0.717, 1.165) is 24.0 Å². The molecule has 0 radical (unpaired) electrons. The molecule has 0 aromatic heterocycles. The van der Waals surface area contributed by atoms with Crippen LogP contribution in [0.4, 0.5) is 5.69 Å². The summed E-state index contributed by atoms with van der Waals surface area (Å²) in [6, 6.07) is 12.7. The van der Waals surface area contributed by atoms with E-state index < -0.39 is 10.0 Å². The molecule has 4 nitrogen and oxygen atoms in total. The molecule has 0 saturated heterocycles. The largest absolute Gasteiger partial charge is 0.381 e. The summed E-state index contributed by atoms with van der Waals surface area (Å²) in [5.74, 6) is 0. The number of para-hydroxylation sites is 1. The summed E-state index contributed by atoms with van der Waals surface area (Å²) in [4.78, 5) is 0.297. The third kappa shape index (κ3) is 2.87. The van der Waals surface area contributed by atoms with Crippen LogP contribution in [0.25, 0.3) is 0 Å². The van der Waals surface area contributed by atoms with Crippen molar-refractivity contribution in [1.29, 1.82) is 0 Å². The van der Waals surface area contributed by atoms with Crippen LogP contribution in [-0.4, -0.2) is 21.6 Å². The quantitative estimate of drug-likeness (QED) is 0.943. The van der Waals surface area contributed by atoms with Gasteiger partial charge in [0.1, 0.15) is 0 Å². The number of methoxy groups -OCH3 is 1. The van der Waals surface area contributed by atoms with Gasteiger partial charge >= 0.3 is 0 Å². The second kappa shape index (κ2) is 5.74. The zero-order valence-corrected chi connectivity index (χ0v) is 13.5. The molecule has 0 spiro atoms. The number of hydrogen-bond donors (Lipinski definition) is 1. The Balaban J connectivity index is 1.90. The number of nitrogens with one attached hydrogen (secondary N) is 1. The Labute approximate surface area is 131 Å². The van der Waals surface area contributed by atoms with E-state index in [1.165, 1.54) is 5.56 Å². The maximum Gasteiger partial charge on any atom is 0.261 e. The third-order valence-corrected chi connectivity index (χ3v) is 5.47. The summed E-state index contributed by atoms with van der Waals surface area (Å²) >= 11 is 0. The first-order chi connectivity index (χ1) is 10.5. The van der Waals surface area contributed by atoms with E-state index in [1.54, 1.807) is 25.3 Å². The molecule has 116 valence electrons. The van der Waals surface area contributed by atoms with E-state index in [4.69, 9.17) is 4.74 Å². The van der Waals surface area contributed by atoms with E-state index in [-0.39, 0.29) is 6.10 Å². The summed E-state index contributed by atoms with van der Waals surface area (Å²) in [7, 11) is -1.88. The minimum absolute atomic E-state index is 0.150. The van der Waals surface area contributed by atoms with E-state index in [9.17, 15) is 8.42 Å². The molecule has 0 aliphatic heterocycles. The standard InChI is InChI=1S/C17H19NO3S/c1-12-5-3-4-6-17(12)18-22(19,20)16-8-7-13-9-15(21-2)10-14(13)11-16/h3-8,11,15,18H,9-10H2,1-2H3. The van der Waals surface area contributed by atoms with Gasteiger partial charge < -0.3 is 4.74 Å². The monoisotopic (exact) mass is 317 g/mol. The number of fused-ring (bicyclic) bond motifs is 1. The highest BCUT2D eigenvalue weighted by atomic mass is 32.2. The van der Waals surface area contributed by atoms with Crippen LogP contribution in [0.2, 0.25) is 0 Å². The Morgan fingerprint density at radius 2 is 1.82 bits per heavy atom. The van der Waals surface area contributed by atoms with Crippen molar-refractivity contribution >= 4 is 15.7 Å². The van der Waals surface area contributed by atoms with E-state index in [1.807, 2.05) is 31.2 Å². The lowest BCUT2D eigenvalue weighted by Crippen LogP contribution is -2.14. The fourth-order valence-corrected chi connectivity index (χ4v) is 3.96. The molecule has 2 aromatic carbocycles. The van der Waals surface area contributed by atoms with Crippen molar-refractivity contribution in [1.82, 2.24) is 0 Å². The van der Waals surface area contributed by atoms with Gasteiger partial charge in [-0.3, -0.25) is 4.72 Å². The average Bonchev–Trinajstić information content (AvgIpc) is 2.91. The highest BCUT2D eigenvalue weighted by Crippen LogP contribution is 2.27. The molecule has 0 amide bonds. The molecule has 5 heteroatoms. The maximum absolute atomic E-state index is 12.6. The lowest BCUT2D eigenvalue weighted by molar-refractivity contribution is 0.112. The zero-order valence-electron chi connectivity index (χ0n) is 12.7. The predicted octanol–water partition coefficient (Wildman–Crippen LogP) is 2.91. The molecule has 2 aromatic rings. The normalized spacial score (nSPS) is 17.3. The van der Waals surface area contributed by atoms with Gasteiger partial charge in [0.15, 0.2) is 0 Å². The van der Waals surface area contributed by atoms with Crippen LogP contribution in [0.1, 0.15) is 16.7 Å². The van der Waals surface area contributed by atoms with Crippen LogP contribution >= 0.6 is 0 Å². The van der Waals surface area contributed by atoms with Crippen molar-refractivity contribution in [3.8, 4) is 0 Å². The molecule has 1 atom stereocenters. The summed E-state index contributed by atoms with van der Waals surface area (Å²) in [6.45, 7) is 1.88. The minimum atomic E-state index is -3.57. The summed E-state index contributed by atoms with van der Waals surface area (Å²) < 4.78 is 33.2. The van der Waals surface area contributed by atoms with E-state index >= 15 is 0 Å². The highest BCUT2D eigenvalue weighted by molar-refractivity contribution is 7.92. The first kappa shape index (κ1) is 15.1. The van der Waals surface area contributed by atoms with Gasteiger partial charge in [-0.1, -0.05) is 24.3 Å². The van der Waals surface area contributed by atoms with Crippen molar-refractivity contribution in [2.24, 2.45) is 0 Å². The van der Waals surface area contributed by atoms with Gasteiger partial charge in [0, 0.05) is 7.11 Å². The number of ether oxygens (including phenoxy) is 1. The first-order valence-electron chi connectivity index (χ1n) is 7.22. The summed E-state index contributed by atoms with van der Waals surface area (Å²) in [6.07, 6.45) is 1.76. The van der Waals surface area contributed by atoms with Gasteiger partial charge in [0.2, 0.25) is 0 Å². The zero-order chi connectivity index (χ0) is 15.7. The van der Waals surface area contributed by atoms with Gasteiger partial charge in [0.25, 0.3) is 10.0 Å². The fourth-order valence-electron chi connectivity index (χ4n) is 2.78. The first-order valence-corrected chi connectivity index (χ1v) is 8.71. The molecule has 22 heavy (non-hydrogen) atoms. The number of aryl methyl sites for hydroxylation is 1. The second-order valence-electron chi connectivity index (χ2n) is 5.62. The number of sulfonamides is 1. The fraction of sp³-hybridized carbons (Fsp3) is 0.294. The van der Waals surface area contributed by atoms with Crippen LogP contribution < -0.4 is 4.72 Å². The smallest absolute Gasteiger partial charge is 0.261 e. The van der Waals surface area contributed by atoms with Crippen molar-refractivity contribution in [3.63, 3.8) is 0 Å². The Morgan fingerprint density at radius 3 is 2.55 bits per heavy atom. The molecule has 0 bridgehead atoms. The summed E-state index contributed by atoms with van der Waals surface area (Å²) in [5.41, 5.74) is 3.73. The Hall–Kier alpha value is -1.85. The second-order valence-corrected chi connectivity index (χ2v) is 7.30. The topological polar surface area (TPSA) is 55.4 Å². The lowest BCUT2D eigenvalue weighted by Gasteiger charge is -2.11. The SMILES string of the molecule is COC1Cc2ccc(S(=O)(=O)Nc3ccccc3C)cc2C1. The molecular weight excluding hydrogens is 298 g/mol. The minimum Gasteiger partial charge on any atom is -0.381 e. The Kier molecular flexibility index (Phi) is 3.93. The summed E-state index contributed by atoms with van der Waals surface area (Å²) in [5, 5.41) is 0.